The predicted octanol–water partition coefficient (Wildman–Crippen LogP) is 0.565. The smallest absolute Gasteiger partial charge is 0.317 e. The lowest BCUT2D eigenvalue weighted by Crippen LogP contribution is -2.45. The molecule has 0 unspecified atom stereocenters. The average Bonchev–Trinajstić information content (AvgIpc) is 2.80. The lowest BCUT2D eigenvalue weighted by Gasteiger charge is -2.20. The van der Waals surface area contributed by atoms with Crippen LogP contribution >= 0.6 is 0 Å². The molecule has 114 valence electrons. The summed E-state index contributed by atoms with van der Waals surface area (Å²) in [6, 6.07) is 5.04. The van der Waals surface area contributed by atoms with Crippen LogP contribution in [0.1, 0.15) is 6.42 Å². The van der Waals surface area contributed by atoms with Gasteiger partial charge in [0.15, 0.2) is 0 Å². The molecule has 1 fully saturated rings. The minimum atomic E-state index is -0.360. The molecule has 21 heavy (non-hydrogen) atoms. The zero-order valence-corrected chi connectivity index (χ0v) is 11.8. The number of anilines is 1. The Bertz CT molecular complexity index is 521. The molecule has 0 saturated carbocycles. The van der Waals surface area contributed by atoms with Crippen molar-refractivity contribution in [3.05, 3.63) is 30.1 Å². The Kier molecular flexibility index (Phi) is 4.74. The van der Waals surface area contributed by atoms with Crippen LogP contribution in [-0.4, -0.2) is 54.7 Å². The first-order valence-corrected chi connectivity index (χ1v) is 6.69. The fourth-order valence-electron chi connectivity index (χ4n) is 2.21. The van der Waals surface area contributed by atoms with Crippen molar-refractivity contribution in [2.75, 3.05) is 31.6 Å². The molecule has 1 aliphatic heterocycles. The van der Waals surface area contributed by atoms with Gasteiger partial charge in [0.2, 0.25) is 5.91 Å². The van der Waals surface area contributed by atoms with Gasteiger partial charge in [-0.05, 0) is 24.3 Å². The number of amides is 3. The standard InChI is InChI=1S/C14H18FN3O3/c1-17(6-7-19)14(21)16-11-8-13(20)18(9-11)12-4-2-10(15)3-5-12/h2-5,11,19H,6-9H2,1H3,(H,16,21)/t11-/m1/s1. The average molecular weight is 295 g/mol. The van der Waals surface area contributed by atoms with Gasteiger partial charge in [-0.2, -0.15) is 0 Å². The molecule has 0 aliphatic carbocycles. The van der Waals surface area contributed by atoms with Gasteiger partial charge in [0.25, 0.3) is 0 Å². The summed E-state index contributed by atoms with van der Waals surface area (Å²) in [4.78, 5) is 26.7. The summed E-state index contributed by atoms with van der Waals surface area (Å²) in [7, 11) is 1.57. The first kappa shape index (κ1) is 15.2. The predicted molar refractivity (Wildman–Crippen MR) is 75.4 cm³/mol. The van der Waals surface area contributed by atoms with Crippen molar-refractivity contribution in [2.45, 2.75) is 12.5 Å². The van der Waals surface area contributed by atoms with E-state index in [1.165, 1.54) is 34.1 Å². The summed E-state index contributed by atoms with van der Waals surface area (Å²) in [5.41, 5.74) is 0.613. The second kappa shape index (κ2) is 6.53. The maximum atomic E-state index is 12.9. The zero-order chi connectivity index (χ0) is 15.4. The Labute approximate surface area is 122 Å². The van der Waals surface area contributed by atoms with Crippen LogP contribution in [-0.2, 0) is 4.79 Å². The number of rotatable bonds is 4. The summed E-state index contributed by atoms with van der Waals surface area (Å²) >= 11 is 0. The molecule has 1 aromatic carbocycles. The van der Waals surface area contributed by atoms with Crippen LogP contribution in [0.15, 0.2) is 24.3 Å². The minimum absolute atomic E-state index is 0.114. The molecule has 1 aliphatic rings. The van der Waals surface area contributed by atoms with Gasteiger partial charge in [-0.25, -0.2) is 9.18 Å². The molecular weight excluding hydrogens is 277 g/mol. The maximum Gasteiger partial charge on any atom is 0.317 e. The number of nitrogens with zero attached hydrogens (tertiary/aromatic N) is 2. The van der Waals surface area contributed by atoms with E-state index in [0.717, 1.165) is 0 Å². The third-order valence-corrected chi connectivity index (χ3v) is 3.37. The van der Waals surface area contributed by atoms with E-state index in [2.05, 4.69) is 5.32 Å². The first-order valence-electron chi connectivity index (χ1n) is 6.69. The van der Waals surface area contributed by atoms with E-state index in [-0.39, 0.29) is 43.4 Å². The highest BCUT2D eigenvalue weighted by Gasteiger charge is 2.32. The van der Waals surface area contributed by atoms with E-state index in [9.17, 15) is 14.0 Å². The van der Waals surface area contributed by atoms with E-state index in [1.807, 2.05) is 0 Å². The van der Waals surface area contributed by atoms with Crippen LogP contribution < -0.4 is 10.2 Å². The van der Waals surface area contributed by atoms with Crippen molar-refractivity contribution in [1.29, 1.82) is 0 Å². The number of carbonyl (C=O) groups excluding carboxylic acids is 2. The van der Waals surface area contributed by atoms with Gasteiger partial charge in [-0.15, -0.1) is 0 Å². The van der Waals surface area contributed by atoms with E-state index in [4.69, 9.17) is 5.11 Å². The quantitative estimate of drug-likeness (QED) is 0.852. The molecule has 3 amide bonds. The van der Waals surface area contributed by atoms with Crippen LogP contribution in [0.2, 0.25) is 0 Å². The van der Waals surface area contributed by atoms with Crippen molar-refractivity contribution in [3.63, 3.8) is 0 Å². The van der Waals surface area contributed by atoms with Crippen LogP contribution in [0.3, 0.4) is 0 Å². The Morgan fingerprint density at radius 2 is 2.14 bits per heavy atom. The highest BCUT2D eigenvalue weighted by atomic mass is 19.1. The SMILES string of the molecule is CN(CCO)C(=O)N[C@@H]1CC(=O)N(c2ccc(F)cc2)C1. The Morgan fingerprint density at radius 1 is 1.48 bits per heavy atom. The summed E-state index contributed by atoms with van der Waals surface area (Å²) in [5, 5.41) is 11.5. The molecule has 6 nitrogen and oxygen atoms in total. The van der Waals surface area contributed by atoms with Crippen LogP contribution in [0, 0.1) is 5.82 Å². The summed E-state index contributed by atoms with van der Waals surface area (Å²) < 4.78 is 12.9. The molecule has 2 N–H and O–H groups in total. The fraction of sp³-hybridized carbons (Fsp3) is 0.429. The van der Waals surface area contributed by atoms with Crippen molar-refractivity contribution in [1.82, 2.24) is 10.2 Å². The number of halogens is 1. The van der Waals surface area contributed by atoms with Gasteiger partial charge in [0.05, 0.1) is 12.6 Å². The number of hydrogen-bond donors (Lipinski definition) is 2. The topological polar surface area (TPSA) is 72.9 Å². The highest BCUT2D eigenvalue weighted by Crippen LogP contribution is 2.21. The molecule has 1 aromatic rings. The second-order valence-electron chi connectivity index (χ2n) is 4.98. The molecule has 7 heteroatoms. The van der Waals surface area contributed by atoms with E-state index >= 15 is 0 Å². The molecule has 0 spiro atoms. The Hall–Kier alpha value is -2.15. The maximum absolute atomic E-state index is 12.9. The normalized spacial score (nSPS) is 18.0. The number of aliphatic hydroxyl groups excluding tert-OH is 1. The van der Waals surface area contributed by atoms with Gasteiger partial charge in [0.1, 0.15) is 5.82 Å². The molecule has 0 bridgehead atoms. The number of urea groups is 1. The highest BCUT2D eigenvalue weighted by molar-refractivity contribution is 5.96. The lowest BCUT2D eigenvalue weighted by atomic mass is 10.2. The van der Waals surface area contributed by atoms with Gasteiger partial charge < -0.3 is 20.2 Å². The van der Waals surface area contributed by atoms with Gasteiger partial charge >= 0.3 is 6.03 Å². The third kappa shape index (κ3) is 3.69. The lowest BCUT2D eigenvalue weighted by molar-refractivity contribution is -0.117. The van der Waals surface area contributed by atoms with Crippen LogP contribution in [0.5, 0.6) is 0 Å². The number of carbonyl (C=O) groups is 2. The summed E-state index contributed by atoms with van der Waals surface area (Å²) in [6.45, 7) is 0.465. The van der Waals surface area contributed by atoms with Gasteiger partial charge in [-0.1, -0.05) is 0 Å². The monoisotopic (exact) mass is 295 g/mol. The van der Waals surface area contributed by atoms with E-state index < -0.39 is 0 Å². The van der Waals surface area contributed by atoms with Crippen molar-refractivity contribution in [3.8, 4) is 0 Å². The number of likely N-dealkylation sites (N-methyl/N-ethyl adjacent to an activating group) is 1. The number of aliphatic hydroxyl groups is 1. The van der Waals surface area contributed by atoms with Crippen LogP contribution in [0.4, 0.5) is 14.9 Å². The number of nitrogens with one attached hydrogen (secondary N) is 1. The molecule has 0 radical (unpaired) electrons. The Morgan fingerprint density at radius 3 is 2.76 bits per heavy atom. The minimum Gasteiger partial charge on any atom is -0.395 e. The number of benzene rings is 1. The van der Waals surface area contributed by atoms with Crippen molar-refractivity contribution in [2.24, 2.45) is 0 Å². The van der Waals surface area contributed by atoms with E-state index in [0.29, 0.717) is 12.2 Å². The second-order valence-corrected chi connectivity index (χ2v) is 4.98. The van der Waals surface area contributed by atoms with Crippen molar-refractivity contribution < 1.29 is 19.1 Å². The molecule has 1 heterocycles. The largest absolute Gasteiger partial charge is 0.395 e. The molecule has 1 saturated heterocycles. The summed E-state index contributed by atoms with van der Waals surface area (Å²) in [5.74, 6) is -0.474. The van der Waals surface area contributed by atoms with Crippen molar-refractivity contribution >= 4 is 17.6 Å². The Balaban J connectivity index is 1.96. The van der Waals surface area contributed by atoms with Gasteiger partial charge in [-0.3, -0.25) is 4.79 Å². The molecular formula is C14H18FN3O3. The summed E-state index contributed by atoms with van der Waals surface area (Å²) in [6.07, 6.45) is 0.204. The van der Waals surface area contributed by atoms with E-state index in [1.54, 1.807) is 7.05 Å². The molecule has 0 aromatic heterocycles. The number of hydrogen-bond acceptors (Lipinski definition) is 3. The fourth-order valence-corrected chi connectivity index (χ4v) is 2.21. The zero-order valence-electron chi connectivity index (χ0n) is 11.8. The molecule has 1 atom stereocenters. The van der Waals surface area contributed by atoms with Gasteiger partial charge in [0, 0.05) is 32.2 Å². The first-order chi connectivity index (χ1) is 10.0. The van der Waals surface area contributed by atoms with Crippen LogP contribution in [0.25, 0.3) is 0 Å². The molecule has 2 rings (SSSR count). The third-order valence-electron chi connectivity index (χ3n) is 3.37.